The molecule has 0 fully saturated rings. The monoisotopic (exact) mass is 285 g/mol. The molecule has 1 heterocycles. The molecule has 20 heavy (non-hydrogen) atoms. The number of nitrogens with two attached hydrogens (primary N) is 1. The average Bonchev–Trinajstić information content (AvgIpc) is 2.77. The van der Waals surface area contributed by atoms with Crippen LogP contribution in [0.1, 0.15) is 19.9 Å². The Morgan fingerprint density at radius 2 is 1.95 bits per heavy atom. The lowest BCUT2D eigenvalue weighted by atomic mass is 10.2. The van der Waals surface area contributed by atoms with Crippen molar-refractivity contribution < 1.29 is 0 Å². The van der Waals surface area contributed by atoms with E-state index in [1.807, 2.05) is 42.5 Å². The van der Waals surface area contributed by atoms with Gasteiger partial charge in [-0.05, 0) is 44.2 Å². The highest BCUT2D eigenvalue weighted by Gasteiger charge is 2.15. The number of fused-ring (bicyclic) bond motifs is 1. The van der Waals surface area contributed by atoms with Gasteiger partial charge in [-0.2, -0.15) is 0 Å². The third-order valence-electron chi connectivity index (χ3n) is 3.31. The number of rotatable bonds is 2. The van der Waals surface area contributed by atoms with Crippen LogP contribution in [0, 0.1) is 0 Å². The number of aromatic nitrogens is 2. The third-order valence-corrected chi connectivity index (χ3v) is 3.55. The van der Waals surface area contributed by atoms with Crippen molar-refractivity contribution in [3.8, 4) is 11.4 Å². The predicted molar refractivity (Wildman–Crippen MR) is 85.0 cm³/mol. The van der Waals surface area contributed by atoms with Gasteiger partial charge >= 0.3 is 0 Å². The lowest BCUT2D eigenvalue weighted by molar-refractivity contribution is 0.624. The highest BCUT2D eigenvalue weighted by molar-refractivity contribution is 6.31. The molecule has 0 aliphatic heterocycles. The van der Waals surface area contributed by atoms with Crippen LogP contribution >= 0.6 is 11.6 Å². The molecule has 3 nitrogen and oxygen atoms in total. The van der Waals surface area contributed by atoms with Crippen LogP contribution in [0.4, 0.5) is 5.69 Å². The maximum atomic E-state index is 6.11. The summed E-state index contributed by atoms with van der Waals surface area (Å²) >= 11 is 6.11. The fourth-order valence-corrected chi connectivity index (χ4v) is 2.64. The summed E-state index contributed by atoms with van der Waals surface area (Å²) in [6, 6.07) is 13.9. The minimum atomic E-state index is 0.287. The first-order chi connectivity index (χ1) is 9.56. The molecule has 3 aromatic rings. The summed E-state index contributed by atoms with van der Waals surface area (Å²) in [5.74, 6) is 0.921. The number of halogens is 1. The molecular weight excluding hydrogens is 270 g/mol. The molecule has 0 atom stereocenters. The summed E-state index contributed by atoms with van der Waals surface area (Å²) in [6.07, 6.45) is 0. The van der Waals surface area contributed by atoms with Crippen LogP contribution in [-0.2, 0) is 0 Å². The molecule has 3 rings (SSSR count). The van der Waals surface area contributed by atoms with E-state index in [1.54, 1.807) is 0 Å². The molecule has 0 aliphatic rings. The Morgan fingerprint density at radius 1 is 1.15 bits per heavy atom. The molecule has 1 aromatic heterocycles. The molecule has 0 radical (unpaired) electrons. The van der Waals surface area contributed by atoms with E-state index in [0.717, 1.165) is 33.1 Å². The second-order valence-electron chi connectivity index (χ2n) is 5.16. The zero-order valence-electron chi connectivity index (χ0n) is 11.5. The summed E-state index contributed by atoms with van der Waals surface area (Å²) in [5, 5.41) is 0.721. The summed E-state index contributed by atoms with van der Waals surface area (Å²) in [7, 11) is 0. The molecule has 0 saturated heterocycles. The van der Waals surface area contributed by atoms with Crippen molar-refractivity contribution in [1.82, 2.24) is 9.55 Å². The second-order valence-corrected chi connectivity index (χ2v) is 5.59. The van der Waals surface area contributed by atoms with Crippen LogP contribution in [0.25, 0.3) is 22.4 Å². The first-order valence-corrected chi connectivity index (χ1v) is 6.97. The van der Waals surface area contributed by atoms with Crippen molar-refractivity contribution >= 4 is 28.3 Å². The molecule has 102 valence electrons. The Kier molecular flexibility index (Phi) is 3.14. The van der Waals surface area contributed by atoms with Crippen molar-refractivity contribution in [3.63, 3.8) is 0 Å². The van der Waals surface area contributed by atoms with Gasteiger partial charge in [0.25, 0.3) is 0 Å². The number of anilines is 1. The molecule has 4 heteroatoms. The standard InChI is InChI=1S/C16H16ClN3/c1-10(2)20-15-9-12(17)6-7-14(15)19-16(20)11-4-3-5-13(18)8-11/h3-10H,18H2,1-2H3. The van der Waals surface area contributed by atoms with E-state index in [9.17, 15) is 0 Å². The SMILES string of the molecule is CC(C)n1c(-c2cccc(N)c2)nc2ccc(Cl)cc21. The Morgan fingerprint density at radius 3 is 2.65 bits per heavy atom. The fourth-order valence-electron chi connectivity index (χ4n) is 2.47. The smallest absolute Gasteiger partial charge is 0.141 e. The highest BCUT2D eigenvalue weighted by atomic mass is 35.5. The van der Waals surface area contributed by atoms with Gasteiger partial charge in [-0.3, -0.25) is 0 Å². The topological polar surface area (TPSA) is 43.8 Å². The molecule has 2 aromatic carbocycles. The Labute approximate surface area is 123 Å². The normalized spacial score (nSPS) is 11.4. The number of imidazole rings is 1. The van der Waals surface area contributed by atoms with Gasteiger partial charge in [0.1, 0.15) is 5.82 Å². The third kappa shape index (κ3) is 2.14. The number of hydrogen-bond acceptors (Lipinski definition) is 2. The Bertz CT molecular complexity index is 774. The summed E-state index contributed by atoms with van der Waals surface area (Å²) in [4.78, 5) is 4.74. The van der Waals surface area contributed by atoms with Crippen molar-refractivity contribution in [3.05, 3.63) is 47.5 Å². The van der Waals surface area contributed by atoms with Crippen LogP contribution in [0.3, 0.4) is 0 Å². The second kappa shape index (κ2) is 4.84. The van der Waals surface area contributed by atoms with E-state index in [4.69, 9.17) is 22.3 Å². The molecule has 0 saturated carbocycles. The summed E-state index contributed by atoms with van der Waals surface area (Å²) in [6.45, 7) is 4.27. The van der Waals surface area contributed by atoms with Gasteiger partial charge in [0.2, 0.25) is 0 Å². The fraction of sp³-hybridized carbons (Fsp3) is 0.188. The van der Waals surface area contributed by atoms with Crippen molar-refractivity contribution in [2.45, 2.75) is 19.9 Å². The maximum absolute atomic E-state index is 6.11. The van der Waals surface area contributed by atoms with Crippen molar-refractivity contribution in [1.29, 1.82) is 0 Å². The zero-order valence-corrected chi connectivity index (χ0v) is 12.2. The van der Waals surface area contributed by atoms with E-state index >= 15 is 0 Å². The number of benzene rings is 2. The zero-order chi connectivity index (χ0) is 14.3. The van der Waals surface area contributed by atoms with Crippen LogP contribution in [-0.4, -0.2) is 9.55 Å². The van der Waals surface area contributed by atoms with Gasteiger partial charge in [-0.25, -0.2) is 4.98 Å². The van der Waals surface area contributed by atoms with Gasteiger partial charge in [-0.1, -0.05) is 23.7 Å². The van der Waals surface area contributed by atoms with Crippen LogP contribution in [0.2, 0.25) is 5.02 Å². The van der Waals surface area contributed by atoms with Gasteiger partial charge in [0.05, 0.1) is 11.0 Å². The van der Waals surface area contributed by atoms with Gasteiger partial charge in [0, 0.05) is 22.3 Å². The van der Waals surface area contributed by atoms with Crippen molar-refractivity contribution in [2.75, 3.05) is 5.73 Å². The molecule has 0 amide bonds. The largest absolute Gasteiger partial charge is 0.399 e. The number of nitrogen functional groups attached to an aromatic ring is 1. The predicted octanol–water partition coefficient (Wildman–Crippen LogP) is 4.52. The minimum absolute atomic E-state index is 0.287. The van der Waals surface area contributed by atoms with Crippen LogP contribution < -0.4 is 5.73 Å². The number of hydrogen-bond donors (Lipinski definition) is 1. The maximum Gasteiger partial charge on any atom is 0.141 e. The number of nitrogens with zero attached hydrogens (tertiary/aromatic N) is 2. The molecule has 0 aliphatic carbocycles. The minimum Gasteiger partial charge on any atom is -0.399 e. The Hall–Kier alpha value is -2.00. The van der Waals surface area contributed by atoms with Crippen LogP contribution in [0.15, 0.2) is 42.5 Å². The quantitative estimate of drug-likeness (QED) is 0.704. The van der Waals surface area contributed by atoms with E-state index in [0.29, 0.717) is 0 Å². The van der Waals surface area contributed by atoms with E-state index in [-0.39, 0.29) is 6.04 Å². The van der Waals surface area contributed by atoms with E-state index in [1.165, 1.54) is 0 Å². The molecule has 2 N–H and O–H groups in total. The molecular formula is C16H16ClN3. The summed E-state index contributed by atoms with van der Waals surface area (Å²) in [5.41, 5.74) is 9.63. The average molecular weight is 286 g/mol. The van der Waals surface area contributed by atoms with E-state index in [2.05, 4.69) is 18.4 Å². The molecule has 0 bridgehead atoms. The van der Waals surface area contributed by atoms with Crippen molar-refractivity contribution in [2.24, 2.45) is 0 Å². The highest BCUT2D eigenvalue weighted by Crippen LogP contribution is 2.30. The Balaban J connectivity index is 2.32. The lowest BCUT2D eigenvalue weighted by Crippen LogP contribution is -2.03. The molecule has 0 spiro atoms. The van der Waals surface area contributed by atoms with Crippen LogP contribution in [0.5, 0.6) is 0 Å². The van der Waals surface area contributed by atoms with Gasteiger partial charge in [0.15, 0.2) is 0 Å². The first kappa shape index (κ1) is 13.0. The van der Waals surface area contributed by atoms with E-state index < -0.39 is 0 Å². The summed E-state index contributed by atoms with van der Waals surface area (Å²) < 4.78 is 2.19. The molecule has 0 unspecified atom stereocenters. The first-order valence-electron chi connectivity index (χ1n) is 6.59. The van der Waals surface area contributed by atoms with Gasteiger partial charge < -0.3 is 10.3 Å². The van der Waals surface area contributed by atoms with Gasteiger partial charge in [-0.15, -0.1) is 0 Å². The lowest BCUT2D eigenvalue weighted by Gasteiger charge is -2.13.